The number of nitrogens with zero attached hydrogens (tertiary/aromatic N) is 4. The van der Waals surface area contributed by atoms with Gasteiger partial charge in [0.1, 0.15) is 11.2 Å². The SMILES string of the molecule is N#Cc1ccc(-c2ccc(-c3nc(-c4ccc5c(ccc6ccccc65)c4)nc(-c4ccc5c(c4)oc4cccc(-c6cccc(-c7ccccc7)c6)c45)n3)cc2)cc1. The normalized spacial score (nSPS) is 11.4. The lowest BCUT2D eigenvalue weighted by molar-refractivity contribution is 0.669. The maximum Gasteiger partial charge on any atom is 0.164 e. The number of fused-ring (bicyclic) bond motifs is 6. The Morgan fingerprint density at radius 2 is 0.915 bits per heavy atom. The number of hydrogen-bond donors (Lipinski definition) is 0. The Hall–Kier alpha value is -8.20. The molecule has 0 bridgehead atoms. The summed E-state index contributed by atoms with van der Waals surface area (Å²) < 4.78 is 6.59. The minimum atomic E-state index is 0.554. The monoisotopic (exact) mass is 752 g/mol. The molecule has 2 heterocycles. The van der Waals surface area contributed by atoms with Gasteiger partial charge in [-0.1, -0.05) is 152 Å². The highest BCUT2D eigenvalue weighted by Crippen LogP contribution is 2.39. The Morgan fingerprint density at radius 1 is 0.356 bits per heavy atom. The molecule has 9 aromatic carbocycles. The van der Waals surface area contributed by atoms with Crippen LogP contribution in [0.1, 0.15) is 5.56 Å². The molecule has 0 aliphatic rings. The first-order valence-electron chi connectivity index (χ1n) is 19.6. The van der Waals surface area contributed by atoms with Crippen molar-refractivity contribution in [3.8, 4) is 73.6 Å². The van der Waals surface area contributed by atoms with Crippen LogP contribution in [0.3, 0.4) is 0 Å². The Bertz CT molecular complexity index is 3440. The second-order valence-corrected chi connectivity index (χ2v) is 14.7. The number of aromatic nitrogens is 3. The van der Waals surface area contributed by atoms with Gasteiger partial charge in [-0.2, -0.15) is 5.26 Å². The Kier molecular flexibility index (Phi) is 8.13. The smallest absolute Gasteiger partial charge is 0.164 e. The fourth-order valence-corrected chi connectivity index (χ4v) is 8.17. The summed E-state index contributed by atoms with van der Waals surface area (Å²) in [5.41, 5.74) is 11.5. The van der Waals surface area contributed by atoms with Crippen molar-refractivity contribution in [1.29, 1.82) is 5.26 Å². The molecule has 0 saturated carbocycles. The summed E-state index contributed by atoms with van der Waals surface area (Å²) in [5, 5.41) is 16.1. The van der Waals surface area contributed by atoms with Crippen molar-refractivity contribution in [1.82, 2.24) is 15.0 Å². The van der Waals surface area contributed by atoms with Gasteiger partial charge in [0.05, 0.1) is 11.6 Å². The summed E-state index contributed by atoms with van der Waals surface area (Å²) in [7, 11) is 0. The zero-order valence-electron chi connectivity index (χ0n) is 31.7. The first-order chi connectivity index (χ1) is 29.1. The Balaban J connectivity index is 1.03. The molecule has 11 aromatic rings. The molecule has 5 heteroatoms. The van der Waals surface area contributed by atoms with Crippen LogP contribution in [0.5, 0.6) is 0 Å². The van der Waals surface area contributed by atoms with Crippen molar-refractivity contribution in [3.63, 3.8) is 0 Å². The molecule has 0 spiro atoms. The van der Waals surface area contributed by atoms with E-state index in [9.17, 15) is 5.26 Å². The highest BCUT2D eigenvalue weighted by molar-refractivity contribution is 6.13. The summed E-state index contributed by atoms with van der Waals surface area (Å²) in [6, 6.07) is 68.9. The largest absolute Gasteiger partial charge is 0.456 e. The van der Waals surface area contributed by atoms with E-state index in [4.69, 9.17) is 19.4 Å². The van der Waals surface area contributed by atoms with Crippen LogP contribution < -0.4 is 0 Å². The highest BCUT2D eigenvalue weighted by atomic mass is 16.3. The first-order valence-corrected chi connectivity index (χ1v) is 19.6. The van der Waals surface area contributed by atoms with Gasteiger partial charge in [-0.15, -0.1) is 0 Å². The molecule has 0 aliphatic carbocycles. The molecule has 0 fully saturated rings. The summed E-state index contributed by atoms with van der Waals surface area (Å²) in [6.45, 7) is 0. The number of hydrogen-bond acceptors (Lipinski definition) is 5. The standard InChI is InChI=1S/C54H32N4O/c55-33-34-16-18-36(19-17-34)37-20-23-39(24-21-37)52-56-53(43-26-28-46-42(31-43)25-22-38-10-4-5-13-45(38)46)58-54(57-52)44-27-29-48-50(32-44)59-49-15-7-14-47(51(48)49)41-12-6-11-40(30-41)35-8-2-1-3-9-35/h1-32H. The van der Waals surface area contributed by atoms with Gasteiger partial charge < -0.3 is 4.42 Å². The van der Waals surface area contributed by atoms with Crippen molar-refractivity contribution >= 4 is 43.5 Å². The van der Waals surface area contributed by atoms with E-state index in [2.05, 4.69) is 146 Å². The quantitative estimate of drug-likeness (QED) is 0.158. The molecule has 0 amide bonds. The van der Waals surface area contributed by atoms with Gasteiger partial charge in [-0.05, 0) is 97.4 Å². The summed E-state index contributed by atoms with van der Waals surface area (Å²) >= 11 is 0. The summed E-state index contributed by atoms with van der Waals surface area (Å²) in [4.78, 5) is 15.3. The van der Waals surface area contributed by atoms with Crippen LogP contribution in [-0.2, 0) is 0 Å². The lowest BCUT2D eigenvalue weighted by Crippen LogP contribution is -2.00. The molecule has 2 aromatic heterocycles. The highest BCUT2D eigenvalue weighted by Gasteiger charge is 2.18. The first kappa shape index (κ1) is 34.1. The fourth-order valence-electron chi connectivity index (χ4n) is 8.17. The van der Waals surface area contributed by atoms with E-state index in [1.165, 1.54) is 27.3 Å². The van der Waals surface area contributed by atoms with Gasteiger partial charge in [0, 0.05) is 27.5 Å². The molecule has 0 unspecified atom stereocenters. The molecule has 274 valence electrons. The minimum Gasteiger partial charge on any atom is -0.456 e. The van der Waals surface area contributed by atoms with Crippen LogP contribution in [0, 0.1) is 11.3 Å². The Labute approximate surface area is 340 Å². The van der Waals surface area contributed by atoms with E-state index < -0.39 is 0 Å². The predicted octanol–water partition coefficient (Wildman–Crippen LogP) is 14.0. The second kappa shape index (κ2) is 14.1. The third-order valence-corrected chi connectivity index (χ3v) is 11.2. The van der Waals surface area contributed by atoms with Crippen LogP contribution in [0.4, 0.5) is 0 Å². The van der Waals surface area contributed by atoms with E-state index in [-0.39, 0.29) is 0 Å². The van der Waals surface area contributed by atoms with Gasteiger partial charge in [0.15, 0.2) is 17.5 Å². The number of furan rings is 1. The van der Waals surface area contributed by atoms with Gasteiger partial charge >= 0.3 is 0 Å². The van der Waals surface area contributed by atoms with Crippen molar-refractivity contribution in [2.75, 3.05) is 0 Å². The predicted molar refractivity (Wildman–Crippen MR) is 239 cm³/mol. The molecule has 5 nitrogen and oxygen atoms in total. The van der Waals surface area contributed by atoms with Crippen LogP contribution in [0.25, 0.3) is 111 Å². The summed E-state index contributed by atoms with van der Waals surface area (Å²) in [6.07, 6.45) is 0. The van der Waals surface area contributed by atoms with Crippen LogP contribution in [0.15, 0.2) is 199 Å². The summed E-state index contributed by atoms with van der Waals surface area (Å²) in [5.74, 6) is 1.71. The lowest BCUT2D eigenvalue weighted by atomic mass is 9.96. The zero-order valence-corrected chi connectivity index (χ0v) is 31.7. The molecule has 11 rings (SSSR count). The van der Waals surface area contributed by atoms with Crippen LogP contribution in [0.2, 0.25) is 0 Å². The average molecular weight is 753 g/mol. The number of benzene rings is 9. The molecule has 0 atom stereocenters. The van der Waals surface area contributed by atoms with E-state index >= 15 is 0 Å². The van der Waals surface area contributed by atoms with Crippen LogP contribution in [-0.4, -0.2) is 15.0 Å². The molecule has 0 radical (unpaired) electrons. The average Bonchev–Trinajstić information content (AvgIpc) is 3.70. The topological polar surface area (TPSA) is 75.6 Å². The van der Waals surface area contributed by atoms with E-state index in [1.807, 2.05) is 54.6 Å². The molecule has 0 saturated heterocycles. The van der Waals surface area contributed by atoms with E-state index in [0.29, 0.717) is 23.0 Å². The van der Waals surface area contributed by atoms with E-state index in [1.54, 1.807) is 0 Å². The molecule has 0 aliphatic heterocycles. The molecule has 59 heavy (non-hydrogen) atoms. The van der Waals surface area contributed by atoms with Gasteiger partial charge in [0.2, 0.25) is 0 Å². The zero-order chi connectivity index (χ0) is 39.3. The van der Waals surface area contributed by atoms with Crippen molar-refractivity contribution in [3.05, 3.63) is 200 Å². The molecular weight excluding hydrogens is 721 g/mol. The third kappa shape index (κ3) is 6.17. The van der Waals surface area contributed by atoms with Crippen LogP contribution >= 0.6 is 0 Å². The third-order valence-electron chi connectivity index (χ3n) is 11.2. The molecule has 0 N–H and O–H groups in total. The minimum absolute atomic E-state index is 0.554. The maximum absolute atomic E-state index is 9.27. The van der Waals surface area contributed by atoms with Gasteiger partial charge in [-0.3, -0.25) is 0 Å². The molecular formula is C54H32N4O. The van der Waals surface area contributed by atoms with Crippen molar-refractivity contribution in [2.24, 2.45) is 0 Å². The number of nitriles is 1. The maximum atomic E-state index is 9.27. The lowest BCUT2D eigenvalue weighted by Gasteiger charge is -2.11. The Morgan fingerprint density at radius 3 is 1.69 bits per heavy atom. The van der Waals surface area contributed by atoms with Crippen molar-refractivity contribution in [2.45, 2.75) is 0 Å². The van der Waals surface area contributed by atoms with Crippen molar-refractivity contribution < 1.29 is 4.42 Å². The van der Waals surface area contributed by atoms with Gasteiger partial charge in [-0.25, -0.2) is 15.0 Å². The second-order valence-electron chi connectivity index (χ2n) is 14.7. The number of rotatable bonds is 6. The fraction of sp³-hybridized carbons (Fsp3) is 0. The van der Waals surface area contributed by atoms with E-state index in [0.717, 1.165) is 66.3 Å². The van der Waals surface area contributed by atoms with Gasteiger partial charge in [0.25, 0.3) is 0 Å².